The van der Waals surface area contributed by atoms with Crippen LogP contribution in [0.15, 0.2) is 24.3 Å². The van der Waals surface area contributed by atoms with Crippen molar-refractivity contribution in [3.8, 4) is 5.75 Å². The first-order valence-corrected chi connectivity index (χ1v) is 6.23. The van der Waals surface area contributed by atoms with E-state index in [1.165, 1.54) is 0 Å². The van der Waals surface area contributed by atoms with Gasteiger partial charge in [0.1, 0.15) is 5.75 Å². The summed E-state index contributed by atoms with van der Waals surface area (Å²) in [7, 11) is 0. The third kappa shape index (κ3) is 5.20. The van der Waals surface area contributed by atoms with Crippen molar-refractivity contribution < 1.29 is 9.47 Å². The van der Waals surface area contributed by atoms with Crippen LogP contribution in [-0.2, 0) is 4.74 Å². The highest BCUT2D eigenvalue weighted by atomic mass is 16.5. The van der Waals surface area contributed by atoms with E-state index in [0.29, 0.717) is 6.61 Å². The maximum atomic E-state index is 6.10. The first-order chi connectivity index (χ1) is 8.13. The minimum atomic E-state index is 0.0114. The Morgan fingerprint density at radius 1 is 1.29 bits per heavy atom. The Labute approximate surface area is 104 Å². The molecule has 96 valence electrons. The molecule has 0 spiro atoms. The zero-order valence-electron chi connectivity index (χ0n) is 11.0. The molecule has 0 radical (unpaired) electrons. The third-order valence-electron chi connectivity index (χ3n) is 2.44. The molecule has 1 unspecified atom stereocenters. The highest BCUT2D eigenvalue weighted by Gasteiger charge is 2.07. The highest BCUT2D eigenvalue weighted by molar-refractivity contribution is 5.30. The molecule has 0 saturated heterocycles. The van der Waals surface area contributed by atoms with Crippen molar-refractivity contribution in [1.82, 2.24) is 0 Å². The van der Waals surface area contributed by atoms with E-state index < -0.39 is 0 Å². The molecule has 2 N–H and O–H groups in total. The molecular formula is C14H23NO2. The van der Waals surface area contributed by atoms with Crippen LogP contribution in [0.3, 0.4) is 0 Å². The zero-order chi connectivity index (χ0) is 12.7. The van der Waals surface area contributed by atoms with E-state index >= 15 is 0 Å². The molecule has 0 aliphatic heterocycles. The molecule has 0 amide bonds. The summed E-state index contributed by atoms with van der Waals surface area (Å²) < 4.78 is 11.0. The van der Waals surface area contributed by atoms with E-state index in [4.69, 9.17) is 15.2 Å². The van der Waals surface area contributed by atoms with Crippen molar-refractivity contribution in [2.75, 3.05) is 13.2 Å². The van der Waals surface area contributed by atoms with Crippen LogP contribution in [0.25, 0.3) is 0 Å². The van der Waals surface area contributed by atoms with E-state index in [-0.39, 0.29) is 12.1 Å². The summed E-state index contributed by atoms with van der Waals surface area (Å²) in [5, 5.41) is 0. The van der Waals surface area contributed by atoms with Gasteiger partial charge in [-0.2, -0.15) is 0 Å². The van der Waals surface area contributed by atoms with Gasteiger partial charge in [-0.3, -0.25) is 0 Å². The maximum absolute atomic E-state index is 6.10. The lowest BCUT2D eigenvalue weighted by Gasteiger charge is -2.15. The van der Waals surface area contributed by atoms with E-state index in [1.807, 2.05) is 45.0 Å². The van der Waals surface area contributed by atoms with E-state index in [0.717, 1.165) is 24.3 Å². The van der Waals surface area contributed by atoms with Gasteiger partial charge in [0.15, 0.2) is 0 Å². The molecule has 0 aliphatic rings. The molecule has 1 atom stereocenters. The molecule has 3 heteroatoms. The van der Waals surface area contributed by atoms with Crippen LogP contribution in [0.2, 0.25) is 0 Å². The second-order valence-corrected chi connectivity index (χ2v) is 4.33. The average molecular weight is 237 g/mol. The van der Waals surface area contributed by atoms with Crippen molar-refractivity contribution in [2.45, 2.75) is 39.3 Å². The summed E-state index contributed by atoms with van der Waals surface area (Å²) in [6.45, 7) is 7.46. The number of hydrogen-bond donors (Lipinski definition) is 1. The van der Waals surface area contributed by atoms with Gasteiger partial charge in [-0.1, -0.05) is 12.1 Å². The summed E-state index contributed by atoms with van der Waals surface area (Å²) in [4.78, 5) is 0. The van der Waals surface area contributed by atoms with Crippen molar-refractivity contribution >= 4 is 0 Å². The van der Waals surface area contributed by atoms with Crippen LogP contribution in [0, 0.1) is 0 Å². The van der Waals surface area contributed by atoms with Gasteiger partial charge >= 0.3 is 0 Å². The second-order valence-electron chi connectivity index (χ2n) is 4.33. The predicted molar refractivity (Wildman–Crippen MR) is 70.2 cm³/mol. The van der Waals surface area contributed by atoms with Crippen molar-refractivity contribution in [3.63, 3.8) is 0 Å². The monoisotopic (exact) mass is 237 g/mol. The molecule has 3 nitrogen and oxygen atoms in total. The van der Waals surface area contributed by atoms with Crippen molar-refractivity contribution in [2.24, 2.45) is 5.73 Å². The molecule has 0 aliphatic carbocycles. The van der Waals surface area contributed by atoms with Crippen molar-refractivity contribution in [3.05, 3.63) is 29.8 Å². The first-order valence-electron chi connectivity index (χ1n) is 6.23. The molecule has 1 aromatic rings. The van der Waals surface area contributed by atoms with Crippen LogP contribution >= 0.6 is 0 Å². The second kappa shape index (κ2) is 7.30. The molecule has 0 bridgehead atoms. The molecule has 0 saturated carbocycles. The summed E-state index contributed by atoms with van der Waals surface area (Å²) in [5.74, 6) is 0.879. The van der Waals surface area contributed by atoms with Gasteiger partial charge in [0.05, 0.1) is 6.10 Å². The van der Waals surface area contributed by atoms with Crippen LogP contribution in [-0.4, -0.2) is 19.3 Å². The number of benzene rings is 1. The summed E-state index contributed by atoms with van der Waals surface area (Å²) in [6, 6.07) is 7.99. The Morgan fingerprint density at radius 3 is 2.71 bits per heavy atom. The minimum Gasteiger partial charge on any atom is -0.491 e. The SMILES string of the molecule is CCOCCC(N)c1cccc(OC(C)C)c1. The van der Waals surface area contributed by atoms with E-state index in [9.17, 15) is 0 Å². The molecular weight excluding hydrogens is 214 g/mol. The standard InChI is InChI=1S/C14H23NO2/c1-4-16-9-8-14(15)12-6-5-7-13(10-12)17-11(2)3/h5-7,10-11,14H,4,8-9,15H2,1-3H3. The Kier molecular flexibility index (Phi) is 6.01. The fraction of sp³-hybridized carbons (Fsp3) is 0.571. The van der Waals surface area contributed by atoms with E-state index in [1.54, 1.807) is 0 Å². The van der Waals surface area contributed by atoms with Crippen LogP contribution in [0.5, 0.6) is 5.75 Å². The topological polar surface area (TPSA) is 44.5 Å². The van der Waals surface area contributed by atoms with Gasteiger partial charge in [-0.05, 0) is 44.9 Å². The Balaban J connectivity index is 2.57. The van der Waals surface area contributed by atoms with Gasteiger partial charge in [0.25, 0.3) is 0 Å². The summed E-state index contributed by atoms with van der Waals surface area (Å²) in [5.41, 5.74) is 7.20. The van der Waals surface area contributed by atoms with Crippen molar-refractivity contribution in [1.29, 1.82) is 0 Å². The fourth-order valence-corrected chi connectivity index (χ4v) is 1.61. The fourth-order valence-electron chi connectivity index (χ4n) is 1.61. The quantitative estimate of drug-likeness (QED) is 0.742. The van der Waals surface area contributed by atoms with Gasteiger partial charge in [0.2, 0.25) is 0 Å². The summed E-state index contributed by atoms with van der Waals surface area (Å²) >= 11 is 0. The van der Waals surface area contributed by atoms with Crippen LogP contribution in [0.1, 0.15) is 38.8 Å². The Bertz CT molecular complexity index is 326. The van der Waals surface area contributed by atoms with E-state index in [2.05, 4.69) is 0 Å². The minimum absolute atomic E-state index is 0.0114. The lowest BCUT2D eigenvalue weighted by atomic mass is 10.0. The largest absolute Gasteiger partial charge is 0.491 e. The zero-order valence-corrected chi connectivity index (χ0v) is 11.0. The average Bonchev–Trinajstić information content (AvgIpc) is 2.28. The van der Waals surface area contributed by atoms with Gasteiger partial charge in [0, 0.05) is 19.3 Å². The van der Waals surface area contributed by atoms with Crippen LogP contribution in [0.4, 0.5) is 0 Å². The lowest BCUT2D eigenvalue weighted by Crippen LogP contribution is -2.13. The number of rotatable bonds is 7. The third-order valence-corrected chi connectivity index (χ3v) is 2.44. The lowest BCUT2D eigenvalue weighted by molar-refractivity contribution is 0.140. The van der Waals surface area contributed by atoms with Gasteiger partial charge < -0.3 is 15.2 Å². The smallest absolute Gasteiger partial charge is 0.120 e. The Morgan fingerprint density at radius 2 is 2.06 bits per heavy atom. The first kappa shape index (κ1) is 14.0. The summed E-state index contributed by atoms with van der Waals surface area (Å²) in [6.07, 6.45) is 1.02. The highest BCUT2D eigenvalue weighted by Crippen LogP contribution is 2.20. The van der Waals surface area contributed by atoms with Gasteiger partial charge in [-0.25, -0.2) is 0 Å². The number of hydrogen-bond acceptors (Lipinski definition) is 3. The Hall–Kier alpha value is -1.06. The molecule has 0 fully saturated rings. The molecule has 17 heavy (non-hydrogen) atoms. The predicted octanol–water partition coefficient (Wildman–Crippen LogP) is 2.90. The number of ether oxygens (including phenoxy) is 2. The van der Waals surface area contributed by atoms with Crippen LogP contribution < -0.4 is 10.5 Å². The molecule has 0 aromatic heterocycles. The maximum Gasteiger partial charge on any atom is 0.120 e. The normalized spacial score (nSPS) is 12.8. The van der Waals surface area contributed by atoms with Gasteiger partial charge in [-0.15, -0.1) is 0 Å². The molecule has 1 aromatic carbocycles. The molecule has 0 heterocycles. The number of nitrogens with two attached hydrogens (primary N) is 1. The molecule has 1 rings (SSSR count).